The highest BCUT2D eigenvalue weighted by molar-refractivity contribution is 9.10. The molecule has 1 heterocycles. The molecular formula is C13H13BrN2O4. The number of nitrogens with one attached hydrogen (secondary N) is 1. The van der Waals surface area contributed by atoms with Gasteiger partial charge in [-0.2, -0.15) is 5.10 Å². The van der Waals surface area contributed by atoms with Crippen LogP contribution in [0.15, 0.2) is 22.7 Å². The van der Waals surface area contributed by atoms with Gasteiger partial charge in [-0.1, -0.05) is 0 Å². The molecule has 0 fully saturated rings. The number of aromatic nitrogens is 2. The number of H-pyrrole nitrogens is 1. The highest BCUT2D eigenvalue weighted by Gasteiger charge is 2.16. The molecule has 0 atom stereocenters. The molecule has 0 unspecified atom stereocenters. The molecule has 2 rings (SSSR count). The monoisotopic (exact) mass is 340 g/mol. The summed E-state index contributed by atoms with van der Waals surface area (Å²) in [5.74, 6) is 0.762. The fourth-order valence-corrected chi connectivity index (χ4v) is 2.24. The van der Waals surface area contributed by atoms with Gasteiger partial charge >= 0.3 is 5.97 Å². The maximum absolute atomic E-state index is 11.4. The number of ether oxygens (including phenoxy) is 3. The van der Waals surface area contributed by atoms with Crippen molar-refractivity contribution in [2.75, 3.05) is 21.3 Å². The predicted molar refractivity (Wildman–Crippen MR) is 76.2 cm³/mol. The zero-order chi connectivity index (χ0) is 14.7. The molecule has 106 valence electrons. The second-order valence-corrected chi connectivity index (χ2v) is 4.70. The molecule has 0 spiro atoms. The number of carbonyl (C=O) groups is 1. The van der Waals surface area contributed by atoms with Crippen LogP contribution in [0.3, 0.4) is 0 Å². The number of rotatable bonds is 4. The van der Waals surface area contributed by atoms with E-state index in [2.05, 4.69) is 30.9 Å². The number of aromatic amines is 1. The Balaban J connectivity index is 2.49. The first kappa shape index (κ1) is 14.4. The summed E-state index contributed by atoms with van der Waals surface area (Å²) in [7, 11) is 4.44. The number of nitrogens with zero attached hydrogens (tertiary/aromatic N) is 1. The van der Waals surface area contributed by atoms with Crippen LogP contribution in [0.25, 0.3) is 11.3 Å². The average molecular weight is 341 g/mol. The minimum atomic E-state index is -0.477. The van der Waals surface area contributed by atoms with Gasteiger partial charge in [-0.15, -0.1) is 0 Å². The van der Waals surface area contributed by atoms with Gasteiger partial charge in [0.1, 0.15) is 17.2 Å². The van der Waals surface area contributed by atoms with Crippen LogP contribution < -0.4 is 9.47 Å². The zero-order valence-electron chi connectivity index (χ0n) is 11.2. The molecule has 0 aliphatic heterocycles. The number of methoxy groups -OCH3 is 3. The smallest absolute Gasteiger partial charge is 0.356 e. The number of halogens is 1. The van der Waals surface area contributed by atoms with Crippen molar-refractivity contribution in [3.63, 3.8) is 0 Å². The third-order valence-electron chi connectivity index (χ3n) is 2.73. The van der Waals surface area contributed by atoms with Crippen LogP contribution in [0.5, 0.6) is 11.5 Å². The van der Waals surface area contributed by atoms with E-state index >= 15 is 0 Å². The first-order valence-corrected chi connectivity index (χ1v) is 6.45. The lowest BCUT2D eigenvalue weighted by Crippen LogP contribution is -2.00. The Labute approximate surface area is 124 Å². The molecule has 0 aliphatic rings. The molecule has 7 heteroatoms. The molecule has 0 saturated heterocycles. The largest absolute Gasteiger partial charge is 0.496 e. The summed E-state index contributed by atoms with van der Waals surface area (Å²) in [4.78, 5) is 11.4. The van der Waals surface area contributed by atoms with Crippen molar-refractivity contribution in [2.45, 2.75) is 0 Å². The second-order valence-electron chi connectivity index (χ2n) is 3.85. The number of hydrogen-bond acceptors (Lipinski definition) is 5. The fraction of sp³-hybridized carbons (Fsp3) is 0.231. The lowest BCUT2D eigenvalue weighted by Gasteiger charge is -2.10. The summed E-state index contributed by atoms with van der Waals surface area (Å²) in [6.07, 6.45) is 0. The van der Waals surface area contributed by atoms with Gasteiger partial charge in [0.15, 0.2) is 0 Å². The van der Waals surface area contributed by atoms with E-state index in [0.29, 0.717) is 17.2 Å². The van der Waals surface area contributed by atoms with Crippen LogP contribution in [-0.4, -0.2) is 37.5 Å². The van der Waals surface area contributed by atoms with E-state index in [9.17, 15) is 4.79 Å². The Hall–Kier alpha value is -2.02. The number of hydrogen-bond donors (Lipinski definition) is 1. The van der Waals surface area contributed by atoms with Gasteiger partial charge in [0, 0.05) is 11.6 Å². The average Bonchev–Trinajstić information content (AvgIpc) is 2.95. The molecule has 0 bridgehead atoms. The maximum Gasteiger partial charge on any atom is 0.356 e. The molecule has 0 aliphatic carbocycles. The van der Waals surface area contributed by atoms with E-state index in [1.54, 1.807) is 26.4 Å². The van der Waals surface area contributed by atoms with Gasteiger partial charge in [-0.25, -0.2) is 4.79 Å². The third kappa shape index (κ3) is 2.62. The van der Waals surface area contributed by atoms with E-state index < -0.39 is 5.97 Å². The summed E-state index contributed by atoms with van der Waals surface area (Å²) < 4.78 is 15.9. The third-order valence-corrected chi connectivity index (χ3v) is 3.35. The summed E-state index contributed by atoms with van der Waals surface area (Å²) in [5, 5.41) is 6.72. The van der Waals surface area contributed by atoms with Gasteiger partial charge in [0.2, 0.25) is 0 Å². The van der Waals surface area contributed by atoms with Crippen molar-refractivity contribution in [1.29, 1.82) is 0 Å². The van der Waals surface area contributed by atoms with Crippen molar-refractivity contribution in [2.24, 2.45) is 0 Å². The minimum absolute atomic E-state index is 0.275. The van der Waals surface area contributed by atoms with E-state index in [1.807, 2.05) is 6.07 Å². The number of carbonyl (C=O) groups excluding carboxylic acids is 1. The van der Waals surface area contributed by atoms with Gasteiger partial charge in [-0.3, -0.25) is 5.10 Å². The van der Waals surface area contributed by atoms with Gasteiger partial charge in [0.25, 0.3) is 0 Å². The van der Waals surface area contributed by atoms with E-state index in [1.165, 1.54) is 7.11 Å². The highest BCUT2D eigenvalue weighted by atomic mass is 79.9. The highest BCUT2D eigenvalue weighted by Crippen LogP contribution is 2.38. The van der Waals surface area contributed by atoms with Crippen molar-refractivity contribution < 1.29 is 19.0 Å². The van der Waals surface area contributed by atoms with E-state index in [0.717, 1.165) is 10.0 Å². The van der Waals surface area contributed by atoms with Gasteiger partial charge in [0.05, 0.1) is 31.5 Å². The SMILES string of the molecule is COC(=O)c1cc(-c2cc(Br)c(OC)cc2OC)n[nH]1. The minimum Gasteiger partial charge on any atom is -0.496 e. The Morgan fingerprint density at radius 2 is 1.85 bits per heavy atom. The molecular weight excluding hydrogens is 328 g/mol. The van der Waals surface area contributed by atoms with Crippen molar-refractivity contribution >= 4 is 21.9 Å². The summed E-state index contributed by atoms with van der Waals surface area (Å²) in [5.41, 5.74) is 1.58. The summed E-state index contributed by atoms with van der Waals surface area (Å²) >= 11 is 3.41. The Morgan fingerprint density at radius 3 is 2.45 bits per heavy atom. The first-order valence-electron chi connectivity index (χ1n) is 5.66. The standard InChI is InChI=1S/C13H13BrN2O4/c1-18-11-6-12(19-2)8(14)4-7(11)9-5-10(16-15-9)13(17)20-3/h4-6H,1-3H3,(H,15,16). The summed E-state index contributed by atoms with van der Waals surface area (Å²) in [6.45, 7) is 0. The van der Waals surface area contributed by atoms with Gasteiger partial charge in [-0.05, 0) is 28.1 Å². The van der Waals surface area contributed by atoms with Crippen LogP contribution in [0.2, 0.25) is 0 Å². The van der Waals surface area contributed by atoms with E-state index in [4.69, 9.17) is 9.47 Å². The fourth-order valence-electron chi connectivity index (χ4n) is 1.73. The Morgan fingerprint density at radius 1 is 1.15 bits per heavy atom. The molecule has 1 aromatic heterocycles. The van der Waals surface area contributed by atoms with Crippen molar-refractivity contribution in [3.8, 4) is 22.8 Å². The molecule has 2 aromatic rings. The maximum atomic E-state index is 11.4. The van der Waals surface area contributed by atoms with Crippen LogP contribution in [0, 0.1) is 0 Å². The van der Waals surface area contributed by atoms with Crippen LogP contribution in [0.4, 0.5) is 0 Å². The molecule has 20 heavy (non-hydrogen) atoms. The summed E-state index contributed by atoms with van der Waals surface area (Å²) in [6, 6.07) is 5.16. The van der Waals surface area contributed by atoms with Crippen molar-refractivity contribution in [1.82, 2.24) is 10.2 Å². The first-order chi connectivity index (χ1) is 9.60. The Bertz CT molecular complexity index is 639. The number of benzene rings is 1. The van der Waals surface area contributed by atoms with Gasteiger partial charge < -0.3 is 14.2 Å². The molecule has 0 saturated carbocycles. The molecule has 6 nitrogen and oxygen atoms in total. The normalized spacial score (nSPS) is 10.2. The van der Waals surface area contributed by atoms with E-state index in [-0.39, 0.29) is 5.69 Å². The number of esters is 1. The van der Waals surface area contributed by atoms with Crippen LogP contribution >= 0.6 is 15.9 Å². The van der Waals surface area contributed by atoms with Crippen molar-refractivity contribution in [3.05, 3.63) is 28.4 Å². The molecule has 0 radical (unpaired) electrons. The second kappa shape index (κ2) is 5.96. The van der Waals surface area contributed by atoms with Crippen LogP contribution in [0.1, 0.15) is 10.5 Å². The van der Waals surface area contributed by atoms with Crippen LogP contribution in [-0.2, 0) is 4.74 Å². The topological polar surface area (TPSA) is 73.4 Å². The quantitative estimate of drug-likeness (QED) is 0.866. The molecule has 1 aromatic carbocycles. The molecule has 0 amide bonds. The lowest BCUT2D eigenvalue weighted by atomic mass is 10.1. The Kier molecular flexibility index (Phi) is 4.29. The zero-order valence-corrected chi connectivity index (χ0v) is 12.8. The lowest BCUT2D eigenvalue weighted by molar-refractivity contribution is 0.0594. The molecule has 1 N–H and O–H groups in total. The predicted octanol–water partition coefficient (Wildman–Crippen LogP) is 2.64.